The molecule has 0 unspecified atom stereocenters. The molecule has 2 heterocycles. The van der Waals surface area contributed by atoms with Gasteiger partial charge in [0.1, 0.15) is 5.82 Å². The van der Waals surface area contributed by atoms with Gasteiger partial charge in [-0.2, -0.15) is 0 Å². The fourth-order valence-electron chi connectivity index (χ4n) is 3.10. The summed E-state index contributed by atoms with van der Waals surface area (Å²) in [5, 5.41) is 0. The standard InChI is InChI=1S/C17H21FN4O3/c1-12(2)22-16(24)15(23)21(17(22)25)11-19-7-9-20(10-8-19)14-5-3-13(18)4-6-14/h3-6,12H,7-11H2,1-2H3. The van der Waals surface area contributed by atoms with Crippen molar-refractivity contribution in [1.29, 1.82) is 0 Å². The molecule has 8 heteroatoms. The first-order chi connectivity index (χ1) is 11.9. The third kappa shape index (κ3) is 3.34. The Bertz CT molecular complexity index is 684. The van der Waals surface area contributed by atoms with Crippen LogP contribution in [0.25, 0.3) is 0 Å². The van der Waals surface area contributed by atoms with Crippen LogP contribution in [0.15, 0.2) is 24.3 Å². The van der Waals surface area contributed by atoms with Gasteiger partial charge in [0.25, 0.3) is 0 Å². The van der Waals surface area contributed by atoms with Crippen molar-refractivity contribution in [1.82, 2.24) is 14.7 Å². The van der Waals surface area contributed by atoms with Crippen LogP contribution in [-0.2, 0) is 9.59 Å². The number of halogens is 1. The van der Waals surface area contributed by atoms with Gasteiger partial charge in [0.15, 0.2) is 0 Å². The van der Waals surface area contributed by atoms with E-state index in [1.165, 1.54) is 12.1 Å². The summed E-state index contributed by atoms with van der Waals surface area (Å²) in [5.41, 5.74) is 0.940. The summed E-state index contributed by atoms with van der Waals surface area (Å²) in [6, 6.07) is 5.43. The molecule has 0 radical (unpaired) electrons. The lowest BCUT2D eigenvalue weighted by Gasteiger charge is -2.37. The quantitative estimate of drug-likeness (QED) is 0.602. The van der Waals surface area contributed by atoms with Crippen molar-refractivity contribution < 1.29 is 18.8 Å². The summed E-state index contributed by atoms with van der Waals surface area (Å²) in [6.07, 6.45) is 0. The fourth-order valence-corrected chi connectivity index (χ4v) is 3.10. The largest absolute Gasteiger partial charge is 0.369 e. The summed E-state index contributed by atoms with van der Waals surface area (Å²) in [7, 11) is 0. The van der Waals surface area contributed by atoms with E-state index in [0.717, 1.165) is 15.5 Å². The number of carbonyl (C=O) groups excluding carboxylic acids is 3. The average molecular weight is 348 g/mol. The molecule has 7 nitrogen and oxygen atoms in total. The maximum absolute atomic E-state index is 13.0. The van der Waals surface area contributed by atoms with Crippen molar-refractivity contribution in [3.05, 3.63) is 30.1 Å². The minimum Gasteiger partial charge on any atom is -0.369 e. The number of urea groups is 1. The number of imide groups is 2. The molecular weight excluding hydrogens is 327 g/mol. The second-order valence-electron chi connectivity index (χ2n) is 6.51. The number of benzene rings is 1. The van der Waals surface area contributed by atoms with E-state index in [9.17, 15) is 18.8 Å². The molecule has 0 aliphatic carbocycles. The van der Waals surface area contributed by atoms with Gasteiger partial charge in [-0.15, -0.1) is 0 Å². The highest BCUT2D eigenvalue weighted by atomic mass is 19.1. The molecule has 0 saturated carbocycles. The van der Waals surface area contributed by atoms with E-state index in [-0.39, 0.29) is 18.5 Å². The third-order valence-electron chi connectivity index (χ3n) is 4.51. The van der Waals surface area contributed by atoms with Crippen LogP contribution < -0.4 is 4.90 Å². The second-order valence-corrected chi connectivity index (χ2v) is 6.51. The van der Waals surface area contributed by atoms with Crippen LogP contribution in [0.3, 0.4) is 0 Å². The van der Waals surface area contributed by atoms with Gasteiger partial charge in [-0.25, -0.2) is 14.1 Å². The molecule has 0 bridgehead atoms. The average Bonchev–Trinajstić information content (AvgIpc) is 2.80. The zero-order valence-corrected chi connectivity index (χ0v) is 14.3. The Hall–Kier alpha value is -2.48. The Balaban J connectivity index is 1.59. The highest BCUT2D eigenvalue weighted by molar-refractivity contribution is 6.44. The van der Waals surface area contributed by atoms with Crippen molar-refractivity contribution >= 4 is 23.5 Å². The molecule has 0 atom stereocenters. The zero-order valence-electron chi connectivity index (χ0n) is 14.3. The highest BCUT2D eigenvalue weighted by Gasteiger charge is 2.46. The lowest BCUT2D eigenvalue weighted by Crippen LogP contribution is -2.51. The molecule has 0 aromatic heterocycles. The smallest absolute Gasteiger partial charge is 0.335 e. The van der Waals surface area contributed by atoms with Crippen LogP contribution in [-0.4, -0.2) is 71.4 Å². The second kappa shape index (κ2) is 6.79. The molecule has 134 valence electrons. The number of rotatable bonds is 4. The van der Waals surface area contributed by atoms with Crippen LogP contribution in [0.2, 0.25) is 0 Å². The van der Waals surface area contributed by atoms with Crippen LogP contribution in [0.5, 0.6) is 0 Å². The van der Waals surface area contributed by atoms with E-state index in [2.05, 4.69) is 4.90 Å². The number of amides is 4. The maximum Gasteiger partial charge on any atom is 0.335 e. The van der Waals surface area contributed by atoms with Gasteiger partial charge in [0.05, 0.1) is 6.67 Å². The zero-order chi connectivity index (χ0) is 18.1. The van der Waals surface area contributed by atoms with Gasteiger partial charge in [-0.1, -0.05) is 0 Å². The lowest BCUT2D eigenvalue weighted by atomic mass is 10.2. The van der Waals surface area contributed by atoms with E-state index < -0.39 is 17.8 Å². The Morgan fingerprint density at radius 3 is 2.08 bits per heavy atom. The molecular formula is C17H21FN4O3. The van der Waals surface area contributed by atoms with Gasteiger partial charge in [-0.3, -0.25) is 19.4 Å². The monoisotopic (exact) mass is 348 g/mol. The Labute approximate surface area is 145 Å². The number of hydrogen-bond acceptors (Lipinski definition) is 5. The van der Waals surface area contributed by atoms with E-state index in [0.29, 0.717) is 26.2 Å². The van der Waals surface area contributed by atoms with Crippen LogP contribution in [0.4, 0.5) is 14.9 Å². The van der Waals surface area contributed by atoms with E-state index in [1.807, 2.05) is 4.90 Å². The van der Waals surface area contributed by atoms with Gasteiger partial charge in [0.2, 0.25) is 0 Å². The minimum atomic E-state index is -0.764. The summed E-state index contributed by atoms with van der Waals surface area (Å²) in [4.78, 5) is 42.4. The van der Waals surface area contributed by atoms with Crippen molar-refractivity contribution in [3.63, 3.8) is 0 Å². The number of piperazine rings is 1. The molecule has 1 aromatic rings. The normalized spacial score (nSPS) is 19.5. The van der Waals surface area contributed by atoms with Crippen LogP contribution in [0.1, 0.15) is 13.8 Å². The van der Waals surface area contributed by atoms with Crippen LogP contribution in [0, 0.1) is 5.82 Å². The van der Waals surface area contributed by atoms with Crippen LogP contribution >= 0.6 is 0 Å². The predicted molar refractivity (Wildman–Crippen MR) is 89.3 cm³/mol. The first-order valence-electron chi connectivity index (χ1n) is 8.30. The SMILES string of the molecule is CC(C)N1C(=O)C(=O)N(CN2CCN(c3ccc(F)cc3)CC2)C1=O. The first-order valence-corrected chi connectivity index (χ1v) is 8.30. The lowest BCUT2D eigenvalue weighted by molar-refractivity contribution is -0.144. The highest BCUT2D eigenvalue weighted by Crippen LogP contribution is 2.19. The topological polar surface area (TPSA) is 64.2 Å². The molecule has 2 fully saturated rings. The van der Waals surface area contributed by atoms with Gasteiger partial charge < -0.3 is 4.90 Å². The number of carbonyl (C=O) groups is 3. The first kappa shape index (κ1) is 17.3. The molecule has 1 aromatic carbocycles. The van der Waals surface area contributed by atoms with E-state index in [4.69, 9.17) is 0 Å². The molecule has 2 saturated heterocycles. The van der Waals surface area contributed by atoms with Gasteiger partial charge in [-0.05, 0) is 38.1 Å². The molecule has 25 heavy (non-hydrogen) atoms. The number of hydrogen-bond donors (Lipinski definition) is 0. The number of anilines is 1. The van der Waals surface area contributed by atoms with Crippen molar-refractivity contribution in [2.24, 2.45) is 0 Å². The van der Waals surface area contributed by atoms with E-state index >= 15 is 0 Å². The molecule has 3 rings (SSSR count). The van der Waals surface area contributed by atoms with Gasteiger partial charge in [0, 0.05) is 37.9 Å². The Kier molecular flexibility index (Phi) is 4.71. The molecule has 2 aliphatic heterocycles. The minimum absolute atomic E-state index is 0.115. The van der Waals surface area contributed by atoms with Gasteiger partial charge >= 0.3 is 17.8 Å². The van der Waals surface area contributed by atoms with E-state index in [1.54, 1.807) is 26.0 Å². The predicted octanol–water partition coefficient (Wildman–Crippen LogP) is 1.10. The Morgan fingerprint density at radius 2 is 1.56 bits per heavy atom. The van der Waals surface area contributed by atoms with Crippen molar-refractivity contribution in [2.75, 3.05) is 37.7 Å². The molecule has 4 amide bonds. The summed E-state index contributed by atoms with van der Waals surface area (Å²) in [6.45, 7) is 6.20. The molecule has 0 spiro atoms. The number of nitrogens with zero attached hydrogens (tertiary/aromatic N) is 4. The third-order valence-corrected chi connectivity index (χ3v) is 4.51. The summed E-state index contributed by atoms with van der Waals surface area (Å²) < 4.78 is 13.0. The summed E-state index contributed by atoms with van der Waals surface area (Å²) in [5.74, 6) is -1.79. The molecule has 2 aliphatic rings. The fraction of sp³-hybridized carbons (Fsp3) is 0.471. The maximum atomic E-state index is 13.0. The van der Waals surface area contributed by atoms with Crippen molar-refractivity contribution in [2.45, 2.75) is 19.9 Å². The summed E-state index contributed by atoms with van der Waals surface area (Å²) >= 11 is 0. The Morgan fingerprint density at radius 1 is 0.960 bits per heavy atom. The molecule has 0 N–H and O–H groups in total. The van der Waals surface area contributed by atoms with Crippen molar-refractivity contribution in [3.8, 4) is 0 Å².